The van der Waals surface area contributed by atoms with Crippen LogP contribution in [0.5, 0.6) is 0 Å². The van der Waals surface area contributed by atoms with Gasteiger partial charge in [-0.3, -0.25) is 5.41 Å². The molecule has 0 saturated heterocycles. The number of halogens is 1. The average molecular weight is 260 g/mol. The van der Waals surface area contributed by atoms with Crippen LogP contribution >= 0.6 is 23.4 Å². The number of amidine groups is 1. The molecule has 1 rings (SSSR count). The summed E-state index contributed by atoms with van der Waals surface area (Å²) in [6, 6.07) is 1.62. The van der Waals surface area contributed by atoms with Crippen LogP contribution in [0, 0.1) is 5.41 Å². The fourth-order valence-corrected chi connectivity index (χ4v) is 2.43. The van der Waals surface area contributed by atoms with Gasteiger partial charge in [-0.05, 0) is 12.5 Å². The van der Waals surface area contributed by atoms with Crippen LogP contribution in [0.4, 0.5) is 0 Å². The lowest BCUT2D eigenvalue weighted by Crippen LogP contribution is -2.12. The molecule has 0 bridgehead atoms. The van der Waals surface area contributed by atoms with Crippen molar-refractivity contribution >= 4 is 29.2 Å². The zero-order chi connectivity index (χ0) is 12.1. The zero-order valence-corrected chi connectivity index (χ0v) is 10.5. The Bertz CT molecular complexity index is 386. The van der Waals surface area contributed by atoms with Crippen molar-refractivity contribution in [3.8, 4) is 0 Å². The minimum absolute atomic E-state index is 0.0657. The summed E-state index contributed by atoms with van der Waals surface area (Å²) in [7, 11) is 0. The van der Waals surface area contributed by atoms with Gasteiger partial charge in [0.25, 0.3) is 0 Å². The summed E-state index contributed by atoms with van der Waals surface area (Å²) in [5, 5.41) is 17.4. The second-order valence-electron chi connectivity index (χ2n) is 3.33. The molecule has 0 aliphatic heterocycles. The highest BCUT2D eigenvalue weighted by atomic mass is 35.5. The van der Waals surface area contributed by atoms with Gasteiger partial charge in [0.05, 0.1) is 5.02 Å². The van der Waals surface area contributed by atoms with Crippen molar-refractivity contribution in [1.29, 1.82) is 5.41 Å². The summed E-state index contributed by atoms with van der Waals surface area (Å²) in [5.41, 5.74) is 5.89. The van der Waals surface area contributed by atoms with Crippen molar-refractivity contribution in [1.82, 2.24) is 4.98 Å². The maximum absolute atomic E-state index is 8.81. The van der Waals surface area contributed by atoms with E-state index in [1.807, 2.05) is 6.92 Å². The number of nitrogens with two attached hydrogens (primary N) is 1. The number of rotatable bonds is 5. The zero-order valence-electron chi connectivity index (χ0n) is 8.90. The van der Waals surface area contributed by atoms with Crippen LogP contribution < -0.4 is 5.73 Å². The van der Waals surface area contributed by atoms with E-state index in [0.29, 0.717) is 22.0 Å². The van der Waals surface area contributed by atoms with E-state index in [0.717, 1.165) is 0 Å². The summed E-state index contributed by atoms with van der Waals surface area (Å²) in [5.74, 6) is -0.0657. The van der Waals surface area contributed by atoms with Crippen LogP contribution in [-0.2, 0) is 0 Å². The number of aromatic nitrogens is 1. The van der Waals surface area contributed by atoms with Gasteiger partial charge in [-0.25, -0.2) is 4.98 Å². The summed E-state index contributed by atoms with van der Waals surface area (Å²) in [6.45, 7) is 2.12. The first-order valence-electron chi connectivity index (χ1n) is 4.82. The molecule has 1 aromatic rings. The highest BCUT2D eigenvalue weighted by Crippen LogP contribution is 2.31. The number of aliphatic hydroxyl groups is 1. The minimum Gasteiger partial charge on any atom is -0.396 e. The third kappa shape index (κ3) is 3.37. The van der Waals surface area contributed by atoms with Gasteiger partial charge in [0.2, 0.25) is 0 Å². The number of nitrogens with zero attached hydrogens (tertiary/aromatic N) is 1. The Morgan fingerprint density at radius 3 is 3.00 bits per heavy atom. The van der Waals surface area contributed by atoms with Gasteiger partial charge in [0.1, 0.15) is 10.9 Å². The third-order valence-electron chi connectivity index (χ3n) is 2.00. The minimum atomic E-state index is -0.0657. The van der Waals surface area contributed by atoms with Gasteiger partial charge < -0.3 is 10.8 Å². The smallest absolute Gasteiger partial charge is 0.124 e. The molecular formula is C10H14ClN3OS. The number of hydrogen-bond donors (Lipinski definition) is 3. The summed E-state index contributed by atoms with van der Waals surface area (Å²) < 4.78 is 0. The van der Waals surface area contributed by atoms with Crippen molar-refractivity contribution in [2.24, 2.45) is 5.73 Å². The molecule has 1 heterocycles. The molecule has 0 radical (unpaired) electrons. The monoisotopic (exact) mass is 259 g/mol. The second kappa shape index (κ2) is 6.08. The van der Waals surface area contributed by atoms with Crippen LogP contribution in [0.25, 0.3) is 0 Å². The van der Waals surface area contributed by atoms with Gasteiger partial charge in [-0.15, -0.1) is 11.8 Å². The molecule has 1 atom stereocenters. The molecule has 0 amide bonds. The average Bonchev–Trinajstić information content (AvgIpc) is 2.21. The first kappa shape index (κ1) is 13.3. The SMILES string of the molecule is CC(CCO)Sc1nccc(C(=N)N)c1Cl. The van der Waals surface area contributed by atoms with Crippen molar-refractivity contribution in [3.05, 3.63) is 22.8 Å². The lowest BCUT2D eigenvalue weighted by Gasteiger charge is -2.11. The van der Waals surface area contributed by atoms with E-state index in [1.165, 1.54) is 11.8 Å². The van der Waals surface area contributed by atoms with E-state index in [1.54, 1.807) is 12.3 Å². The first-order chi connectivity index (χ1) is 7.56. The van der Waals surface area contributed by atoms with Crippen LogP contribution in [0.1, 0.15) is 18.9 Å². The Balaban J connectivity index is 2.89. The van der Waals surface area contributed by atoms with Gasteiger partial charge in [0, 0.05) is 23.6 Å². The number of thioether (sulfide) groups is 1. The molecule has 0 aromatic carbocycles. The highest BCUT2D eigenvalue weighted by Gasteiger charge is 2.13. The van der Waals surface area contributed by atoms with E-state index < -0.39 is 0 Å². The van der Waals surface area contributed by atoms with Crippen molar-refractivity contribution < 1.29 is 5.11 Å². The highest BCUT2D eigenvalue weighted by molar-refractivity contribution is 7.99. The van der Waals surface area contributed by atoms with E-state index >= 15 is 0 Å². The predicted octanol–water partition coefficient (Wildman–Crippen LogP) is 1.88. The molecule has 4 nitrogen and oxygen atoms in total. The molecule has 88 valence electrons. The lowest BCUT2D eigenvalue weighted by molar-refractivity contribution is 0.289. The maximum atomic E-state index is 8.81. The first-order valence-corrected chi connectivity index (χ1v) is 6.08. The fourth-order valence-electron chi connectivity index (χ4n) is 1.15. The Labute approximate surface area is 104 Å². The molecule has 6 heteroatoms. The Morgan fingerprint density at radius 2 is 2.44 bits per heavy atom. The molecule has 0 aliphatic rings. The van der Waals surface area contributed by atoms with Crippen molar-refractivity contribution in [2.75, 3.05) is 6.61 Å². The molecule has 0 aliphatic carbocycles. The lowest BCUT2D eigenvalue weighted by atomic mass is 10.2. The Kier molecular flexibility index (Phi) is 5.05. The van der Waals surface area contributed by atoms with Crippen LogP contribution in [0.3, 0.4) is 0 Å². The number of hydrogen-bond acceptors (Lipinski definition) is 4. The number of nitrogen functional groups attached to an aromatic ring is 1. The summed E-state index contributed by atoms with van der Waals surface area (Å²) in [6.07, 6.45) is 2.25. The van der Waals surface area contributed by atoms with E-state index in [2.05, 4.69) is 4.98 Å². The molecular weight excluding hydrogens is 246 g/mol. The van der Waals surface area contributed by atoms with E-state index in [4.69, 9.17) is 27.9 Å². The fraction of sp³-hybridized carbons (Fsp3) is 0.400. The molecule has 1 aromatic heterocycles. The number of nitrogens with one attached hydrogen (secondary N) is 1. The largest absolute Gasteiger partial charge is 0.396 e. The quantitative estimate of drug-likeness (QED) is 0.428. The summed E-state index contributed by atoms with van der Waals surface area (Å²) in [4.78, 5) is 4.14. The second-order valence-corrected chi connectivity index (χ2v) is 5.14. The van der Waals surface area contributed by atoms with Gasteiger partial charge in [-0.2, -0.15) is 0 Å². The standard InChI is InChI=1S/C10H14ClN3OS/c1-6(3-5-15)16-10-8(11)7(9(12)13)2-4-14-10/h2,4,6,15H,3,5H2,1H3,(H3,12,13). The molecule has 16 heavy (non-hydrogen) atoms. The van der Waals surface area contributed by atoms with Gasteiger partial charge in [-0.1, -0.05) is 18.5 Å². The molecule has 1 unspecified atom stereocenters. The number of aliphatic hydroxyl groups excluding tert-OH is 1. The summed E-state index contributed by atoms with van der Waals surface area (Å²) >= 11 is 7.55. The predicted molar refractivity (Wildman–Crippen MR) is 67.3 cm³/mol. The molecule has 0 fully saturated rings. The Hall–Kier alpha value is -0.780. The van der Waals surface area contributed by atoms with Crippen molar-refractivity contribution in [2.45, 2.75) is 23.6 Å². The normalized spacial score (nSPS) is 12.4. The van der Waals surface area contributed by atoms with Gasteiger partial charge >= 0.3 is 0 Å². The van der Waals surface area contributed by atoms with Crippen molar-refractivity contribution in [3.63, 3.8) is 0 Å². The maximum Gasteiger partial charge on any atom is 0.124 e. The Morgan fingerprint density at radius 1 is 1.75 bits per heavy atom. The van der Waals surface area contributed by atoms with Crippen LogP contribution in [-0.4, -0.2) is 27.8 Å². The van der Waals surface area contributed by atoms with Crippen LogP contribution in [0.15, 0.2) is 17.3 Å². The number of pyridine rings is 1. The third-order valence-corrected chi connectivity index (χ3v) is 3.66. The molecule has 0 saturated carbocycles. The molecule has 4 N–H and O–H groups in total. The van der Waals surface area contributed by atoms with E-state index in [9.17, 15) is 0 Å². The topological polar surface area (TPSA) is 83.0 Å². The van der Waals surface area contributed by atoms with Crippen LogP contribution in [0.2, 0.25) is 5.02 Å². The molecule has 0 spiro atoms. The van der Waals surface area contributed by atoms with E-state index in [-0.39, 0.29) is 17.7 Å². The van der Waals surface area contributed by atoms with Gasteiger partial charge in [0.15, 0.2) is 0 Å².